The van der Waals surface area contributed by atoms with E-state index in [0.717, 1.165) is 25.8 Å². The number of hydrogen-bond acceptors (Lipinski definition) is 4. The van der Waals surface area contributed by atoms with Gasteiger partial charge in [0.15, 0.2) is 0 Å². The Balaban J connectivity index is 1.47. The Hall–Kier alpha value is -1.66. The van der Waals surface area contributed by atoms with Gasteiger partial charge in [-0.3, -0.25) is 14.4 Å². The second-order valence-electron chi connectivity index (χ2n) is 5.76. The highest BCUT2D eigenvalue weighted by Gasteiger charge is 2.28. The summed E-state index contributed by atoms with van der Waals surface area (Å²) in [5.74, 6) is 0.118. The minimum atomic E-state index is 0.118. The molecule has 1 saturated heterocycles. The van der Waals surface area contributed by atoms with Gasteiger partial charge < -0.3 is 5.32 Å². The summed E-state index contributed by atoms with van der Waals surface area (Å²) in [5, 5.41) is 9.34. The van der Waals surface area contributed by atoms with Crippen LogP contribution in [0.25, 0.3) is 0 Å². The van der Waals surface area contributed by atoms with E-state index in [-0.39, 0.29) is 5.91 Å². The largest absolute Gasteiger partial charge is 0.355 e. The lowest BCUT2D eigenvalue weighted by molar-refractivity contribution is -0.122. The Bertz CT molecular complexity index is 607. The second-order valence-corrected chi connectivity index (χ2v) is 6.79. The van der Waals surface area contributed by atoms with Crippen LogP contribution >= 0.6 is 11.3 Å². The Morgan fingerprint density at radius 3 is 3.18 bits per heavy atom. The molecule has 118 valence electrons. The van der Waals surface area contributed by atoms with Crippen molar-refractivity contribution < 1.29 is 4.79 Å². The molecule has 1 aliphatic heterocycles. The molecule has 2 aromatic rings. The fourth-order valence-electron chi connectivity index (χ4n) is 3.03. The van der Waals surface area contributed by atoms with E-state index in [2.05, 4.69) is 33.0 Å². The van der Waals surface area contributed by atoms with Crippen molar-refractivity contribution >= 4 is 17.2 Å². The highest BCUT2D eigenvalue weighted by Crippen LogP contribution is 2.30. The summed E-state index contributed by atoms with van der Waals surface area (Å²) in [4.78, 5) is 15.7. The van der Waals surface area contributed by atoms with Gasteiger partial charge in [-0.15, -0.1) is 11.3 Å². The summed E-state index contributed by atoms with van der Waals surface area (Å²) in [6.07, 6.45) is 7.13. The maximum Gasteiger partial charge on any atom is 0.234 e. The number of aryl methyl sites for hydroxylation is 1. The summed E-state index contributed by atoms with van der Waals surface area (Å²) in [7, 11) is 1.93. The van der Waals surface area contributed by atoms with Crippen molar-refractivity contribution in [1.82, 2.24) is 20.0 Å². The predicted octanol–water partition coefficient (Wildman–Crippen LogP) is 1.98. The lowest BCUT2D eigenvalue weighted by Gasteiger charge is -2.22. The van der Waals surface area contributed by atoms with Gasteiger partial charge in [0.05, 0.1) is 12.7 Å². The van der Waals surface area contributed by atoms with E-state index >= 15 is 0 Å². The van der Waals surface area contributed by atoms with Crippen LogP contribution in [-0.2, 0) is 18.3 Å². The first kappa shape index (κ1) is 15.2. The number of amides is 1. The van der Waals surface area contributed by atoms with Gasteiger partial charge in [0.2, 0.25) is 5.91 Å². The highest BCUT2D eigenvalue weighted by molar-refractivity contribution is 7.09. The molecule has 0 aliphatic carbocycles. The minimum Gasteiger partial charge on any atom is -0.355 e. The van der Waals surface area contributed by atoms with E-state index in [4.69, 9.17) is 0 Å². The molecule has 5 nitrogen and oxygen atoms in total. The van der Waals surface area contributed by atoms with E-state index in [9.17, 15) is 4.79 Å². The van der Waals surface area contributed by atoms with E-state index < -0.39 is 0 Å². The number of hydrogen-bond donors (Lipinski definition) is 1. The molecule has 1 atom stereocenters. The molecule has 1 aliphatic rings. The van der Waals surface area contributed by atoms with Gasteiger partial charge in [0.25, 0.3) is 0 Å². The van der Waals surface area contributed by atoms with Gasteiger partial charge in [0.1, 0.15) is 0 Å². The van der Waals surface area contributed by atoms with Crippen LogP contribution in [0.1, 0.15) is 29.3 Å². The molecule has 22 heavy (non-hydrogen) atoms. The van der Waals surface area contributed by atoms with Crippen LogP contribution in [0.5, 0.6) is 0 Å². The molecule has 1 N–H and O–H groups in total. The van der Waals surface area contributed by atoms with E-state index in [1.807, 2.05) is 24.0 Å². The number of likely N-dealkylation sites (tertiary alicyclic amines) is 1. The van der Waals surface area contributed by atoms with Crippen LogP contribution in [-0.4, -0.2) is 40.2 Å². The SMILES string of the molecule is Cn1cc(C2CCCN2CC(=O)NCCc2cccs2)cn1. The van der Waals surface area contributed by atoms with Gasteiger partial charge in [-0.2, -0.15) is 5.10 Å². The Labute approximate surface area is 134 Å². The first-order chi connectivity index (χ1) is 10.7. The monoisotopic (exact) mass is 318 g/mol. The van der Waals surface area contributed by atoms with E-state index in [0.29, 0.717) is 19.1 Å². The fourth-order valence-corrected chi connectivity index (χ4v) is 3.73. The third kappa shape index (κ3) is 3.75. The molecule has 0 radical (unpaired) electrons. The number of aromatic nitrogens is 2. The molecule has 2 aromatic heterocycles. The minimum absolute atomic E-state index is 0.118. The topological polar surface area (TPSA) is 50.2 Å². The zero-order chi connectivity index (χ0) is 15.4. The molecule has 3 heterocycles. The van der Waals surface area contributed by atoms with Crippen molar-refractivity contribution in [2.75, 3.05) is 19.6 Å². The molecular weight excluding hydrogens is 296 g/mol. The average molecular weight is 318 g/mol. The Kier molecular flexibility index (Phi) is 4.90. The fraction of sp³-hybridized carbons (Fsp3) is 0.500. The summed E-state index contributed by atoms with van der Waals surface area (Å²) in [5.41, 5.74) is 1.21. The van der Waals surface area contributed by atoms with Crippen LogP contribution in [0.3, 0.4) is 0 Å². The maximum atomic E-state index is 12.1. The lowest BCUT2D eigenvalue weighted by Crippen LogP contribution is -2.37. The summed E-state index contributed by atoms with van der Waals surface area (Å²) in [6.45, 7) is 2.17. The molecule has 0 bridgehead atoms. The number of carbonyl (C=O) groups is 1. The van der Waals surface area contributed by atoms with Gasteiger partial charge in [0, 0.05) is 36.3 Å². The molecule has 0 saturated carbocycles. The predicted molar refractivity (Wildman–Crippen MR) is 87.8 cm³/mol. The first-order valence-corrected chi connectivity index (χ1v) is 8.62. The number of carbonyl (C=O) groups excluding carboxylic acids is 1. The second kappa shape index (κ2) is 7.07. The van der Waals surface area contributed by atoms with Crippen molar-refractivity contribution in [2.24, 2.45) is 7.05 Å². The molecule has 1 amide bonds. The molecule has 0 spiro atoms. The maximum absolute atomic E-state index is 12.1. The molecule has 1 fully saturated rings. The third-order valence-electron chi connectivity index (χ3n) is 4.09. The van der Waals surface area contributed by atoms with Crippen molar-refractivity contribution in [3.63, 3.8) is 0 Å². The van der Waals surface area contributed by atoms with Crippen LogP contribution < -0.4 is 5.32 Å². The van der Waals surface area contributed by atoms with Gasteiger partial charge in [-0.05, 0) is 37.3 Å². The van der Waals surface area contributed by atoms with E-state index in [1.54, 1.807) is 11.3 Å². The molecule has 1 unspecified atom stereocenters. The number of thiophene rings is 1. The van der Waals surface area contributed by atoms with E-state index in [1.165, 1.54) is 10.4 Å². The average Bonchev–Trinajstić information content (AvgIpc) is 3.20. The van der Waals surface area contributed by atoms with Crippen LogP contribution in [0.15, 0.2) is 29.9 Å². The normalized spacial score (nSPS) is 18.7. The first-order valence-electron chi connectivity index (χ1n) is 7.74. The zero-order valence-corrected chi connectivity index (χ0v) is 13.7. The number of nitrogens with zero attached hydrogens (tertiary/aromatic N) is 3. The molecule has 6 heteroatoms. The quantitative estimate of drug-likeness (QED) is 0.886. The van der Waals surface area contributed by atoms with Gasteiger partial charge in [-0.1, -0.05) is 6.07 Å². The zero-order valence-electron chi connectivity index (χ0n) is 12.9. The summed E-state index contributed by atoms with van der Waals surface area (Å²) in [6, 6.07) is 4.48. The number of nitrogens with one attached hydrogen (secondary N) is 1. The number of rotatable bonds is 6. The standard InChI is InChI=1S/C16H22N4OS/c1-19-11-13(10-18-19)15-5-2-8-20(15)12-16(21)17-7-6-14-4-3-9-22-14/h3-4,9-11,15H,2,5-8,12H2,1H3,(H,17,21). The van der Waals surface area contributed by atoms with Crippen molar-refractivity contribution in [2.45, 2.75) is 25.3 Å². The lowest BCUT2D eigenvalue weighted by atomic mass is 10.1. The van der Waals surface area contributed by atoms with Gasteiger partial charge in [-0.25, -0.2) is 0 Å². The third-order valence-corrected chi connectivity index (χ3v) is 5.03. The van der Waals surface area contributed by atoms with Crippen molar-refractivity contribution in [3.05, 3.63) is 40.3 Å². The summed E-state index contributed by atoms with van der Waals surface area (Å²) >= 11 is 1.74. The van der Waals surface area contributed by atoms with Crippen LogP contribution in [0, 0.1) is 0 Å². The summed E-state index contributed by atoms with van der Waals surface area (Å²) < 4.78 is 1.83. The van der Waals surface area contributed by atoms with Gasteiger partial charge >= 0.3 is 0 Å². The highest BCUT2D eigenvalue weighted by atomic mass is 32.1. The molecule has 0 aromatic carbocycles. The molecular formula is C16H22N4OS. The Morgan fingerprint density at radius 1 is 1.55 bits per heavy atom. The Morgan fingerprint density at radius 2 is 2.45 bits per heavy atom. The van der Waals surface area contributed by atoms with Crippen LogP contribution in [0.2, 0.25) is 0 Å². The smallest absolute Gasteiger partial charge is 0.234 e. The van der Waals surface area contributed by atoms with Crippen LogP contribution in [0.4, 0.5) is 0 Å². The van der Waals surface area contributed by atoms with Crippen molar-refractivity contribution in [1.29, 1.82) is 0 Å². The van der Waals surface area contributed by atoms with Crippen molar-refractivity contribution in [3.8, 4) is 0 Å². The molecule has 3 rings (SSSR count).